The molecule has 0 radical (unpaired) electrons. The van der Waals surface area contributed by atoms with Gasteiger partial charge in [0.2, 0.25) is 0 Å². The zero-order valence-electron chi connectivity index (χ0n) is 11.8. The van der Waals surface area contributed by atoms with Crippen LogP contribution in [0.25, 0.3) is 0 Å². The zero-order valence-corrected chi connectivity index (χ0v) is 13.3. The Labute approximate surface area is 137 Å². The van der Waals surface area contributed by atoms with Gasteiger partial charge in [0, 0.05) is 5.02 Å². The minimum atomic E-state index is -0.512. The third kappa shape index (κ3) is 3.00. The van der Waals surface area contributed by atoms with Crippen molar-refractivity contribution in [3.63, 3.8) is 0 Å². The maximum Gasteiger partial charge on any atom is 0.261 e. The van der Waals surface area contributed by atoms with Gasteiger partial charge in [0.1, 0.15) is 0 Å². The highest BCUT2D eigenvalue weighted by Crippen LogP contribution is 2.32. The summed E-state index contributed by atoms with van der Waals surface area (Å²) in [7, 11) is 0. The Morgan fingerprint density at radius 3 is 2.73 bits per heavy atom. The highest BCUT2D eigenvalue weighted by Gasteiger charge is 2.23. The van der Waals surface area contributed by atoms with Crippen molar-refractivity contribution in [2.45, 2.75) is 25.3 Å². The number of halogens is 1. The second-order valence-corrected chi connectivity index (χ2v) is 6.81. The van der Waals surface area contributed by atoms with Gasteiger partial charge in [-0.25, -0.2) is 0 Å². The zero-order chi connectivity index (χ0) is 15.7. The van der Waals surface area contributed by atoms with E-state index in [2.05, 4.69) is 5.32 Å². The topological polar surface area (TPSA) is 72.2 Å². The summed E-state index contributed by atoms with van der Waals surface area (Å²) in [5.74, 6) is -0.688. The molecule has 0 aliphatic heterocycles. The van der Waals surface area contributed by atoms with Gasteiger partial charge in [0.15, 0.2) is 0 Å². The number of benzene rings is 1. The Balaban J connectivity index is 1.79. The highest BCUT2D eigenvalue weighted by molar-refractivity contribution is 7.15. The lowest BCUT2D eigenvalue weighted by atomic mass is 9.87. The number of primary amides is 1. The number of hydrogen-bond donors (Lipinski definition) is 2. The molecule has 3 rings (SSSR count). The van der Waals surface area contributed by atoms with E-state index in [-0.39, 0.29) is 11.9 Å². The number of carbonyl (C=O) groups excluding carboxylic acids is 2. The van der Waals surface area contributed by atoms with Crippen LogP contribution in [0.1, 0.15) is 49.4 Å². The van der Waals surface area contributed by atoms with Crippen molar-refractivity contribution in [1.82, 2.24) is 5.32 Å². The molecular formula is C16H15ClN2O2S. The lowest BCUT2D eigenvalue weighted by Crippen LogP contribution is -2.30. The molecule has 1 aromatic heterocycles. The number of aryl methyl sites for hydroxylation is 1. The van der Waals surface area contributed by atoms with E-state index in [4.69, 9.17) is 17.3 Å². The SMILES string of the molecule is NC(=O)c1ccc(C(=O)N[C@@H]2CCCc3cc(Cl)ccc32)s1. The molecule has 1 aromatic carbocycles. The molecule has 114 valence electrons. The van der Waals surface area contributed by atoms with E-state index >= 15 is 0 Å². The van der Waals surface area contributed by atoms with Gasteiger partial charge in [-0.05, 0) is 54.7 Å². The first-order valence-electron chi connectivity index (χ1n) is 7.03. The first-order chi connectivity index (χ1) is 10.5. The molecule has 0 unspecified atom stereocenters. The molecule has 2 aromatic rings. The minimum Gasteiger partial charge on any atom is -0.365 e. The van der Waals surface area contributed by atoms with Crippen LogP contribution < -0.4 is 11.1 Å². The molecule has 1 atom stereocenters. The molecule has 3 N–H and O–H groups in total. The number of thiophene rings is 1. The first kappa shape index (κ1) is 15.1. The summed E-state index contributed by atoms with van der Waals surface area (Å²) in [5, 5.41) is 3.76. The van der Waals surface area contributed by atoms with Crippen LogP contribution in [0.2, 0.25) is 5.02 Å². The van der Waals surface area contributed by atoms with Gasteiger partial charge < -0.3 is 11.1 Å². The summed E-state index contributed by atoms with van der Waals surface area (Å²) >= 11 is 7.14. The van der Waals surface area contributed by atoms with Crippen LogP contribution in [0.3, 0.4) is 0 Å². The molecule has 0 fully saturated rings. The van der Waals surface area contributed by atoms with Crippen LogP contribution in [0, 0.1) is 0 Å². The number of rotatable bonds is 3. The molecule has 6 heteroatoms. The average molecular weight is 335 g/mol. The number of hydrogen-bond acceptors (Lipinski definition) is 3. The summed E-state index contributed by atoms with van der Waals surface area (Å²) in [6.07, 6.45) is 2.89. The van der Waals surface area contributed by atoms with Crippen molar-refractivity contribution in [3.8, 4) is 0 Å². The molecule has 0 spiro atoms. The number of amides is 2. The second kappa shape index (κ2) is 6.10. The van der Waals surface area contributed by atoms with E-state index in [9.17, 15) is 9.59 Å². The predicted molar refractivity (Wildman–Crippen MR) is 87.4 cm³/mol. The fourth-order valence-corrected chi connectivity index (χ4v) is 3.71. The van der Waals surface area contributed by atoms with E-state index in [1.54, 1.807) is 12.1 Å². The van der Waals surface area contributed by atoms with Crippen LogP contribution >= 0.6 is 22.9 Å². The largest absolute Gasteiger partial charge is 0.365 e. The Bertz CT molecular complexity index is 741. The van der Waals surface area contributed by atoms with Gasteiger partial charge in [0.25, 0.3) is 11.8 Å². The van der Waals surface area contributed by atoms with E-state index in [1.807, 2.05) is 18.2 Å². The van der Waals surface area contributed by atoms with Gasteiger partial charge in [0.05, 0.1) is 15.8 Å². The Morgan fingerprint density at radius 2 is 2.00 bits per heavy atom. The Morgan fingerprint density at radius 1 is 1.23 bits per heavy atom. The van der Waals surface area contributed by atoms with E-state index in [1.165, 1.54) is 5.56 Å². The molecule has 1 aliphatic carbocycles. The molecule has 22 heavy (non-hydrogen) atoms. The molecule has 1 aliphatic rings. The number of fused-ring (bicyclic) bond motifs is 1. The summed E-state index contributed by atoms with van der Waals surface area (Å²) < 4.78 is 0. The molecule has 0 saturated heterocycles. The van der Waals surface area contributed by atoms with Crippen LogP contribution in [0.5, 0.6) is 0 Å². The smallest absolute Gasteiger partial charge is 0.261 e. The molecule has 0 saturated carbocycles. The van der Waals surface area contributed by atoms with E-state index in [0.29, 0.717) is 9.75 Å². The lowest BCUT2D eigenvalue weighted by Gasteiger charge is -2.26. The third-order valence-electron chi connectivity index (χ3n) is 3.80. The number of carbonyl (C=O) groups is 2. The fraction of sp³-hybridized carbons (Fsp3) is 0.250. The Kier molecular flexibility index (Phi) is 4.18. The summed E-state index contributed by atoms with van der Waals surface area (Å²) in [6.45, 7) is 0. The number of nitrogens with one attached hydrogen (secondary N) is 1. The second-order valence-electron chi connectivity index (χ2n) is 5.29. The van der Waals surface area contributed by atoms with Gasteiger partial charge in [-0.3, -0.25) is 9.59 Å². The van der Waals surface area contributed by atoms with E-state index < -0.39 is 5.91 Å². The normalized spacial score (nSPS) is 16.9. The number of nitrogens with two attached hydrogens (primary N) is 1. The van der Waals surface area contributed by atoms with Crippen LogP contribution in [0.15, 0.2) is 30.3 Å². The molecule has 1 heterocycles. The summed E-state index contributed by atoms with van der Waals surface area (Å²) in [4.78, 5) is 24.3. The standard InChI is InChI=1S/C16H15ClN2O2S/c17-10-4-5-11-9(8-10)2-1-3-12(11)19-16(21)14-7-6-13(22-14)15(18)20/h4-8,12H,1-3H2,(H2,18,20)(H,19,21)/t12-/m1/s1. The van der Waals surface area contributed by atoms with Crippen molar-refractivity contribution in [2.75, 3.05) is 0 Å². The van der Waals surface area contributed by atoms with Crippen LogP contribution in [0.4, 0.5) is 0 Å². The summed E-state index contributed by atoms with van der Waals surface area (Å²) in [6, 6.07) is 8.98. The molecule has 4 nitrogen and oxygen atoms in total. The molecule has 2 amide bonds. The van der Waals surface area contributed by atoms with Crippen LogP contribution in [-0.4, -0.2) is 11.8 Å². The molecular weight excluding hydrogens is 320 g/mol. The predicted octanol–water partition coefficient (Wildman–Crippen LogP) is 3.31. The lowest BCUT2D eigenvalue weighted by molar-refractivity contribution is 0.0936. The minimum absolute atomic E-state index is 0.0207. The van der Waals surface area contributed by atoms with Crippen molar-refractivity contribution in [2.24, 2.45) is 5.73 Å². The van der Waals surface area contributed by atoms with Gasteiger partial charge in [-0.1, -0.05) is 17.7 Å². The third-order valence-corrected chi connectivity index (χ3v) is 5.13. The van der Waals surface area contributed by atoms with Crippen molar-refractivity contribution >= 4 is 34.8 Å². The summed E-state index contributed by atoms with van der Waals surface area (Å²) in [5.41, 5.74) is 7.53. The van der Waals surface area contributed by atoms with Crippen molar-refractivity contribution in [1.29, 1.82) is 0 Å². The van der Waals surface area contributed by atoms with Crippen molar-refractivity contribution < 1.29 is 9.59 Å². The van der Waals surface area contributed by atoms with Crippen molar-refractivity contribution in [3.05, 3.63) is 56.2 Å². The quantitative estimate of drug-likeness (QED) is 0.903. The highest BCUT2D eigenvalue weighted by atomic mass is 35.5. The first-order valence-corrected chi connectivity index (χ1v) is 8.23. The maximum absolute atomic E-state index is 12.3. The van der Waals surface area contributed by atoms with Gasteiger partial charge in [-0.2, -0.15) is 0 Å². The monoisotopic (exact) mass is 334 g/mol. The average Bonchev–Trinajstić information content (AvgIpc) is 2.97. The van der Waals surface area contributed by atoms with Crippen LogP contribution in [-0.2, 0) is 6.42 Å². The fourth-order valence-electron chi connectivity index (χ4n) is 2.75. The Hall–Kier alpha value is -1.85. The molecule has 0 bridgehead atoms. The van der Waals surface area contributed by atoms with Gasteiger partial charge in [-0.15, -0.1) is 11.3 Å². The maximum atomic E-state index is 12.3. The van der Waals surface area contributed by atoms with Gasteiger partial charge >= 0.3 is 0 Å². The van der Waals surface area contributed by atoms with E-state index in [0.717, 1.165) is 41.2 Å².